The van der Waals surface area contributed by atoms with Crippen LogP contribution >= 0.6 is 22.6 Å². The molecule has 0 aliphatic heterocycles. The summed E-state index contributed by atoms with van der Waals surface area (Å²) in [5.74, 6) is -0.190. The van der Waals surface area contributed by atoms with Crippen LogP contribution in [0.3, 0.4) is 0 Å². The number of hydrogen-bond donors (Lipinski definition) is 1. The molecule has 16 heavy (non-hydrogen) atoms. The van der Waals surface area contributed by atoms with Crippen molar-refractivity contribution in [1.82, 2.24) is 10.2 Å². The lowest BCUT2D eigenvalue weighted by Crippen LogP contribution is -1.93. The number of aromatic nitrogens is 2. The molecule has 1 aromatic heterocycles. The van der Waals surface area contributed by atoms with Crippen LogP contribution in [0.1, 0.15) is 11.1 Å². The van der Waals surface area contributed by atoms with E-state index >= 15 is 0 Å². The number of benzene rings is 1. The molecule has 0 fully saturated rings. The minimum absolute atomic E-state index is 0.337. The summed E-state index contributed by atoms with van der Waals surface area (Å²) in [5.41, 5.74) is 3.32. The number of allylic oxidation sites excluding steroid dienone is 1. The number of H-pyrrole nitrogens is 1. The Kier molecular flexibility index (Phi) is 2.20. The third kappa shape index (κ3) is 1.51. The Hall–Kier alpha value is -1.37. The summed E-state index contributed by atoms with van der Waals surface area (Å²) in [5, 5.41) is 6.07. The zero-order chi connectivity index (χ0) is 11.1. The normalized spacial score (nSPS) is 13.7. The van der Waals surface area contributed by atoms with Crippen LogP contribution in [-0.2, 0) is 6.42 Å². The predicted molar refractivity (Wildman–Crippen MR) is 68.3 cm³/mol. The molecule has 1 heterocycles. The van der Waals surface area contributed by atoms with Gasteiger partial charge in [-0.3, -0.25) is 0 Å². The van der Waals surface area contributed by atoms with Crippen molar-refractivity contribution in [3.63, 3.8) is 0 Å². The molecular formula is C11H7IN2O2. The van der Waals surface area contributed by atoms with Crippen LogP contribution in [-0.4, -0.2) is 10.2 Å². The van der Waals surface area contributed by atoms with Crippen LogP contribution < -0.4 is 5.76 Å². The van der Waals surface area contributed by atoms with Gasteiger partial charge in [-0.25, -0.2) is 9.89 Å². The maximum absolute atomic E-state index is 10.9. The van der Waals surface area contributed by atoms with E-state index in [-0.39, 0.29) is 0 Å². The zero-order valence-corrected chi connectivity index (χ0v) is 10.3. The van der Waals surface area contributed by atoms with Gasteiger partial charge in [0, 0.05) is 9.14 Å². The first kappa shape index (κ1) is 9.83. The van der Waals surface area contributed by atoms with Crippen LogP contribution in [0, 0.1) is 0 Å². The van der Waals surface area contributed by atoms with E-state index in [4.69, 9.17) is 4.42 Å². The molecule has 3 rings (SSSR count). The van der Waals surface area contributed by atoms with Crippen molar-refractivity contribution in [2.24, 2.45) is 0 Å². The third-order valence-corrected chi connectivity index (χ3v) is 3.57. The van der Waals surface area contributed by atoms with E-state index in [1.807, 2.05) is 18.2 Å². The van der Waals surface area contributed by atoms with Gasteiger partial charge in [0.2, 0.25) is 5.89 Å². The Morgan fingerprint density at radius 2 is 2.31 bits per heavy atom. The Labute approximate surface area is 105 Å². The highest BCUT2D eigenvalue weighted by atomic mass is 127. The molecule has 0 bridgehead atoms. The second-order valence-corrected chi connectivity index (χ2v) is 4.71. The van der Waals surface area contributed by atoms with Crippen molar-refractivity contribution in [3.05, 3.63) is 46.0 Å². The summed E-state index contributed by atoms with van der Waals surface area (Å²) >= 11 is 2.31. The minimum atomic E-state index is -0.527. The number of nitrogens with one attached hydrogen (secondary N) is 1. The molecule has 4 nitrogen and oxygen atoms in total. The Morgan fingerprint density at radius 3 is 3.06 bits per heavy atom. The van der Waals surface area contributed by atoms with Gasteiger partial charge < -0.3 is 4.42 Å². The molecule has 1 N–H and O–H groups in total. The third-order valence-electron chi connectivity index (χ3n) is 2.55. The predicted octanol–water partition coefficient (Wildman–Crippen LogP) is 2.36. The van der Waals surface area contributed by atoms with Crippen LogP contribution in [0.25, 0.3) is 15.0 Å². The van der Waals surface area contributed by atoms with Gasteiger partial charge in [0.15, 0.2) is 0 Å². The van der Waals surface area contributed by atoms with Crippen molar-refractivity contribution < 1.29 is 4.42 Å². The summed E-state index contributed by atoms with van der Waals surface area (Å²) in [6, 6.07) is 5.96. The average molecular weight is 326 g/mol. The Bertz CT molecular complexity index is 639. The van der Waals surface area contributed by atoms with Gasteiger partial charge in [-0.15, -0.1) is 5.10 Å². The van der Waals surface area contributed by atoms with Gasteiger partial charge in [0.1, 0.15) is 0 Å². The lowest BCUT2D eigenvalue weighted by Gasteiger charge is -2.01. The lowest BCUT2D eigenvalue weighted by molar-refractivity contribution is 0.527. The molecular weight excluding hydrogens is 319 g/mol. The lowest BCUT2D eigenvalue weighted by atomic mass is 10.1. The van der Waals surface area contributed by atoms with E-state index in [0.29, 0.717) is 5.89 Å². The van der Waals surface area contributed by atoms with Gasteiger partial charge in [-0.1, -0.05) is 12.1 Å². The second-order valence-electron chi connectivity index (χ2n) is 3.55. The standard InChI is InChI=1S/C11H7IN2O2/c12-9-4-3-6-1-2-7(5-8(6)9)10-13-14-11(15)16-10/h1-2,4-5H,3H2,(H,14,15). The molecule has 2 aromatic rings. The maximum atomic E-state index is 10.9. The molecule has 1 aliphatic carbocycles. The van der Waals surface area contributed by atoms with Crippen LogP contribution in [0.4, 0.5) is 0 Å². The van der Waals surface area contributed by atoms with Crippen LogP contribution in [0.5, 0.6) is 0 Å². The average Bonchev–Trinajstić information content (AvgIpc) is 2.86. The van der Waals surface area contributed by atoms with E-state index in [2.05, 4.69) is 38.9 Å². The fraction of sp³-hybridized carbons (Fsp3) is 0.0909. The quantitative estimate of drug-likeness (QED) is 0.819. The van der Waals surface area contributed by atoms with E-state index in [1.54, 1.807) is 0 Å². The summed E-state index contributed by atoms with van der Waals surface area (Å²) < 4.78 is 6.15. The van der Waals surface area contributed by atoms with Crippen molar-refractivity contribution in [1.29, 1.82) is 0 Å². The highest BCUT2D eigenvalue weighted by Crippen LogP contribution is 2.34. The number of halogens is 1. The largest absolute Gasteiger partial charge is 0.434 e. The molecule has 0 atom stereocenters. The Morgan fingerprint density at radius 1 is 1.44 bits per heavy atom. The molecule has 80 valence electrons. The van der Waals surface area contributed by atoms with Gasteiger partial charge in [-0.2, -0.15) is 0 Å². The van der Waals surface area contributed by atoms with E-state index in [1.165, 1.54) is 14.7 Å². The molecule has 0 amide bonds. The summed E-state index contributed by atoms with van der Waals surface area (Å²) in [6.45, 7) is 0. The topological polar surface area (TPSA) is 58.9 Å². The first-order valence-electron chi connectivity index (χ1n) is 4.79. The number of hydrogen-bond acceptors (Lipinski definition) is 3. The fourth-order valence-corrected chi connectivity index (χ4v) is 2.49. The second kappa shape index (κ2) is 3.58. The summed E-state index contributed by atoms with van der Waals surface area (Å²) in [4.78, 5) is 10.9. The number of aromatic amines is 1. The summed E-state index contributed by atoms with van der Waals surface area (Å²) in [7, 11) is 0. The number of nitrogens with zero attached hydrogens (tertiary/aromatic N) is 1. The highest BCUT2D eigenvalue weighted by molar-refractivity contribution is 14.1. The molecule has 0 unspecified atom stereocenters. The number of rotatable bonds is 1. The van der Waals surface area contributed by atoms with E-state index in [0.717, 1.165) is 12.0 Å². The van der Waals surface area contributed by atoms with Gasteiger partial charge in [0.25, 0.3) is 0 Å². The van der Waals surface area contributed by atoms with Crippen molar-refractivity contribution >= 4 is 26.2 Å². The van der Waals surface area contributed by atoms with Gasteiger partial charge in [0.05, 0.1) is 0 Å². The summed E-state index contributed by atoms with van der Waals surface area (Å²) in [6.07, 6.45) is 3.15. The smallest absolute Gasteiger partial charge is 0.388 e. The van der Waals surface area contributed by atoms with Crippen molar-refractivity contribution in [3.8, 4) is 11.5 Å². The maximum Gasteiger partial charge on any atom is 0.434 e. The molecule has 1 aliphatic rings. The SMILES string of the molecule is O=c1[nH]nc(-c2ccc3c(c2)C(I)=CC3)o1. The van der Waals surface area contributed by atoms with Crippen molar-refractivity contribution in [2.75, 3.05) is 0 Å². The molecule has 0 radical (unpaired) electrons. The molecule has 0 saturated heterocycles. The van der Waals surface area contributed by atoms with Crippen molar-refractivity contribution in [2.45, 2.75) is 6.42 Å². The number of fused-ring (bicyclic) bond motifs is 1. The fourth-order valence-electron chi connectivity index (χ4n) is 1.77. The van der Waals surface area contributed by atoms with E-state index in [9.17, 15) is 4.79 Å². The van der Waals surface area contributed by atoms with Crippen LogP contribution in [0.15, 0.2) is 33.5 Å². The molecule has 5 heteroatoms. The zero-order valence-electron chi connectivity index (χ0n) is 8.16. The molecule has 1 aromatic carbocycles. The Balaban J connectivity index is 2.14. The first-order chi connectivity index (χ1) is 7.74. The van der Waals surface area contributed by atoms with Gasteiger partial charge >= 0.3 is 5.76 Å². The van der Waals surface area contributed by atoms with Gasteiger partial charge in [-0.05, 0) is 52.3 Å². The minimum Gasteiger partial charge on any atom is -0.388 e. The highest BCUT2D eigenvalue weighted by Gasteiger charge is 2.14. The first-order valence-corrected chi connectivity index (χ1v) is 5.87. The molecule has 0 spiro atoms. The van der Waals surface area contributed by atoms with E-state index < -0.39 is 5.76 Å². The van der Waals surface area contributed by atoms with Crippen LogP contribution in [0.2, 0.25) is 0 Å². The monoisotopic (exact) mass is 326 g/mol. The molecule has 0 saturated carbocycles.